The van der Waals surface area contributed by atoms with E-state index in [9.17, 15) is 4.79 Å². The summed E-state index contributed by atoms with van der Waals surface area (Å²) in [6.07, 6.45) is 2.00. The van der Waals surface area contributed by atoms with Crippen LogP contribution < -0.4 is 10.6 Å². The lowest BCUT2D eigenvalue weighted by Gasteiger charge is -2.09. The van der Waals surface area contributed by atoms with E-state index in [1.807, 2.05) is 48.7 Å². The average Bonchev–Trinajstić information content (AvgIpc) is 2.41. The van der Waals surface area contributed by atoms with Crippen molar-refractivity contribution in [3.05, 3.63) is 48.5 Å². The molecule has 2 aromatic rings. The van der Waals surface area contributed by atoms with Crippen LogP contribution in [0.5, 0.6) is 0 Å². The molecule has 0 unspecified atom stereocenters. The first-order valence-electron chi connectivity index (χ1n) is 5.69. The molecule has 0 spiro atoms. The van der Waals surface area contributed by atoms with Gasteiger partial charge >= 0.3 is 6.03 Å². The Hall–Kier alpha value is -1.59. The minimum atomic E-state index is -0.278. The molecule has 2 aromatic carbocycles. The average molecular weight is 290 g/mol. The van der Waals surface area contributed by atoms with Gasteiger partial charge in [-0.05, 0) is 36.6 Å². The number of anilines is 2. The van der Waals surface area contributed by atoms with Crippen LogP contribution in [0.2, 0.25) is 0 Å². The van der Waals surface area contributed by atoms with Gasteiger partial charge in [0.1, 0.15) is 0 Å². The maximum atomic E-state index is 11.9. The summed E-state index contributed by atoms with van der Waals surface area (Å²) in [5.74, 6) is 0. The molecule has 2 amide bonds. The number of amides is 2. The summed E-state index contributed by atoms with van der Waals surface area (Å²) in [7, 11) is 0. The molecule has 0 bridgehead atoms. The number of hydrogen-bond acceptors (Lipinski definition) is 3. The Bertz CT molecular complexity index is 587. The molecule has 2 rings (SSSR count). The van der Waals surface area contributed by atoms with Gasteiger partial charge in [0.25, 0.3) is 0 Å². The van der Waals surface area contributed by atoms with Gasteiger partial charge in [-0.15, -0.1) is 24.4 Å². The van der Waals surface area contributed by atoms with Crippen LogP contribution in [-0.4, -0.2) is 12.3 Å². The fraction of sp³-hybridized carbons (Fsp3) is 0.0714. The van der Waals surface area contributed by atoms with Crippen LogP contribution in [0.15, 0.2) is 58.3 Å². The van der Waals surface area contributed by atoms with Crippen LogP contribution >= 0.6 is 24.4 Å². The van der Waals surface area contributed by atoms with E-state index in [0.29, 0.717) is 5.69 Å². The molecule has 0 aromatic heterocycles. The molecule has 3 nitrogen and oxygen atoms in total. The number of nitrogens with one attached hydrogen (secondary N) is 2. The predicted molar refractivity (Wildman–Crippen MR) is 84.6 cm³/mol. The molecule has 2 N–H and O–H groups in total. The van der Waals surface area contributed by atoms with Gasteiger partial charge in [0.05, 0.1) is 5.69 Å². The SMILES string of the molecule is CSc1cccc(NC(=O)Nc2ccccc2S)c1. The fourth-order valence-electron chi connectivity index (χ4n) is 1.56. The third-order valence-corrected chi connectivity index (χ3v) is 3.60. The van der Waals surface area contributed by atoms with Crippen LogP contribution in [0.4, 0.5) is 16.2 Å². The molecule has 0 aliphatic rings. The molecule has 0 atom stereocenters. The molecule has 0 saturated heterocycles. The standard InChI is InChI=1S/C14H14N2OS2/c1-19-11-6-4-5-10(9-11)15-14(17)16-12-7-2-3-8-13(12)18/h2-9,18H,1H3,(H2,15,16,17). The van der Waals surface area contributed by atoms with Gasteiger partial charge in [0, 0.05) is 15.5 Å². The summed E-state index contributed by atoms with van der Waals surface area (Å²) in [5.41, 5.74) is 1.45. The highest BCUT2D eigenvalue weighted by Gasteiger charge is 2.05. The second-order valence-corrected chi connectivity index (χ2v) is 5.19. The van der Waals surface area contributed by atoms with Crippen LogP contribution in [0.1, 0.15) is 0 Å². The van der Waals surface area contributed by atoms with E-state index in [4.69, 9.17) is 0 Å². The van der Waals surface area contributed by atoms with Crippen LogP contribution in [0.3, 0.4) is 0 Å². The Labute approximate surface area is 122 Å². The highest BCUT2D eigenvalue weighted by atomic mass is 32.2. The lowest BCUT2D eigenvalue weighted by atomic mass is 10.3. The number of rotatable bonds is 3. The van der Waals surface area contributed by atoms with E-state index < -0.39 is 0 Å². The van der Waals surface area contributed by atoms with E-state index in [1.165, 1.54) is 0 Å². The highest BCUT2D eigenvalue weighted by Crippen LogP contribution is 2.21. The zero-order chi connectivity index (χ0) is 13.7. The summed E-state index contributed by atoms with van der Waals surface area (Å²) >= 11 is 5.92. The van der Waals surface area contributed by atoms with Crippen molar-refractivity contribution in [2.24, 2.45) is 0 Å². The molecule has 19 heavy (non-hydrogen) atoms. The molecule has 0 heterocycles. The number of benzene rings is 2. The maximum Gasteiger partial charge on any atom is 0.323 e. The molecule has 0 aliphatic heterocycles. The molecule has 0 saturated carbocycles. The lowest BCUT2D eigenvalue weighted by molar-refractivity contribution is 0.262. The Kier molecular flexibility index (Phi) is 4.76. The van der Waals surface area contributed by atoms with Gasteiger partial charge in [-0.25, -0.2) is 4.79 Å². The van der Waals surface area contributed by atoms with Gasteiger partial charge in [0.15, 0.2) is 0 Å². The lowest BCUT2D eigenvalue weighted by Crippen LogP contribution is -2.19. The Morgan fingerprint density at radius 2 is 1.89 bits per heavy atom. The van der Waals surface area contributed by atoms with Gasteiger partial charge in [-0.2, -0.15) is 0 Å². The monoisotopic (exact) mass is 290 g/mol. The number of carbonyl (C=O) groups is 1. The fourth-order valence-corrected chi connectivity index (χ4v) is 2.24. The minimum Gasteiger partial charge on any atom is -0.308 e. The Morgan fingerprint density at radius 1 is 1.11 bits per heavy atom. The molecular weight excluding hydrogens is 276 g/mol. The van der Waals surface area contributed by atoms with E-state index in [0.717, 1.165) is 15.5 Å². The van der Waals surface area contributed by atoms with Gasteiger partial charge in [0.2, 0.25) is 0 Å². The van der Waals surface area contributed by atoms with E-state index in [1.54, 1.807) is 17.8 Å². The van der Waals surface area contributed by atoms with Crippen LogP contribution in [0.25, 0.3) is 0 Å². The number of urea groups is 1. The van der Waals surface area contributed by atoms with Crippen LogP contribution in [0, 0.1) is 0 Å². The van der Waals surface area contributed by atoms with Crippen molar-refractivity contribution in [2.45, 2.75) is 9.79 Å². The van der Waals surface area contributed by atoms with Crippen molar-refractivity contribution in [3.8, 4) is 0 Å². The Balaban J connectivity index is 2.03. The highest BCUT2D eigenvalue weighted by molar-refractivity contribution is 7.98. The third-order valence-electron chi connectivity index (χ3n) is 2.48. The summed E-state index contributed by atoms with van der Waals surface area (Å²) in [6.45, 7) is 0. The van der Waals surface area contributed by atoms with Crippen molar-refractivity contribution in [2.75, 3.05) is 16.9 Å². The van der Waals surface area contributed by atoms with Crippen molar-refractivity contribution < 1.29 is 4.79 Å². The number of thiol groups is 1. The normalized spacial score (nSPS) is 10.0. The van der Waals surface area contributed by atoms with Gasteiger partial charge in [-0.1, -0.05) is 18.2 Å². The molecule has 5 heteroatoms. The first-order valence-corrected chi connectivity index (χ1v) is 7.36. The third kappa shape index (κ3) is 3.94. The molecular formula is C14H14N2OS2. The zero-order valence-corrected chi connectivity index (χ0v) is 12.1. The summed E-state index contributed by atoms with van der Waals surface area (Å²) in [6, 6.07) is 14.8. The van der Waals surface area contributed by atoms with Crippen molar-refractivity contribution >= 4 is 41.8 Å². The largest absolute Gasteiger partial charge is 0.323 e. The summed E-state index contributed by atoms with van der Waals surface area (Å²) < 4.78 is 0. The van der Waals surface area contributed by atoms with E-state index in [-0.39, 0.29) is 6.03 Å². The first-order chi connectivity index (χ1) is 9.19. The zero-order valence-electron chi connectivity index (χ0n) is 10.4. The summed E-state index contributed by atoms with van der Waals surface area (Å²) in [4.78, 5) is 13.7. The Morgan fingerprint density at radius 3 is 2.63 bits per heavy atom. The number of para-hydroxylation sites is 1. The van der Waals surface area contributed by atoms with Gasteiger partial charge < -0.3 is 10.6 Å². The molecule has 0 fully saturated rings. The number of hydrogen-bond donors (Lipinski definition) is 3. The van der Waals surface area contributed by atoms with E-state index >= 15 is 0 Å². The van der Waals surface area contributed by atoms with Crippen molar-refractivity contribution in [1.82, 2.24) is 0 Å². The van der Waals surface area contributed by atoms with Crippen molar-refractivity contribution in [3.63, 3.8) is 0 Å². The van der Waals surface area contributed by atoms with Crippen molar-refractivity contribution in [1.29, 1.82) is 0 Å². The molecule has 0 aliphatic carbocycles. The second-order valence-electron chi connectivity index (χ2n) is 3.83. The predicted octanol–water partition coefficient (Wildman–Crippen LogP) is 4.34. The topological polar surface area (TPSA) is 41.1 Å². The number of carbonyl (C=O) groups excluding carboxylic acids is 1. The molecule has 0 radical (unpaired) electrons. The van der Waals surface area contributed by atoms with Crippen LogP contribution in [-0.2, 0) is 0 Å². The first kappa shape index (κ1) is 13.8. The van der Waals surface area contributed by atoms with Gasteiger partial charge in [-0.3, -0.25) is 0 Å². The maximum absolute atomic E-state index is 11.9. The second kappa shape index (κ2) is 6.54. The quantitative estimate of drug-likeness (QED) is 0.581. The smallest absolute Gasteiger partial charge is 0.308 e. The number of thioether (sulfide) groups is 1. The van der Waals surface area contributed by atoms with E-state index in [2.05, 4.69) is 23.3 Å². The minimum absolute atomic E-state index is 0.278. The summed E-state index contributed by atoms with van der Waals surface area (Å²) in [5, 5.41) is 5.56. The molecule has 98 valence electrons.